The largest absolute Gasteiger partial charge is 0.372 e. The summed E-state index contributed by atoms with van der Waals surface area (Å²) in [6, 6.07) is 14.4. The number of thioether (sulfide) groups is 1. The molecule has 126 valence electrons. The highest BCUT2D eigenvalue weighted by Crippen LogP contribution is 2.22. The monoisotopic (exact) mass is 344 g/mol. The highest BCUT2D eigenvalue weighted by molar-refractivity contribution is 7.99. The Bertz CT molecular complexity index is 667. The lowest BCUT2D eigenvalue weighted by Crippen LogP contribution is -2.18. The predicted octanol–water partition coefficient (Wildman–Crippen LogP) is 4.30. The fourth-order valence-corrected chi connectivity index (χ4v) is 3.56. The van der Waals surface area contributed by atoms with Crippen LogP contribution in [-0.4, -0.2) is 24.7 Å². The highest BCUT2D eigenvalue weighted by Gasteiger charge is 2.12. The molecule has 1 heterocycles. The minimum absolute atomic E-state index is 0.0176. The molecule has 3 nitrogen and oxygen atoms in total. The van der Waals surface area contributed by atoms with E-state index in [2.05, 4.69) is 22.3 Å². The number of rotatable bonds is 6. The van der Waals surface area contributed by atoms with E-state index in [1.807, 2.05) is 12.1 Å². The van der Waals surface area contributed by atoms with E-state index in [4.69, 9.17) is 0 Å². The van der Waals surface area contributed by atoms with Gasteiger partial charge >= 0.3 is 0 Å². The van der Waals surface area contributed by atoms with E-state index < -0.39 is 0 Å². The standard InChI is InChI=1S/C19H21FN2OS/c20-16-5-3-15(4-6-16)13-24-14-19(23)21-17-7-9-18(10-8-17)22-11-1-2-12-22/h3-10H,1-2,11-14H2,(H,21,23). The Balaban J connectivity index is 1.43. The summed E-state index contributed by atoms with van der Waals surface area (Å²) >= 11 is 1.52. The van der Waals surface area contributed by atoms with Crippen molar-refractivity contribution in [2.24, 2.45) is 0 Å². The molecule has 1 saturated heterocycles. The third kappa shape index (κ3) is 4.74. The summed E-state index contributed by atoms with van der Waals surface area (Å²) in [6.07, 6.45) is 2.51. The van der Waals surface area contributed by atoms with Crippen LogP contribution in [0.4, 0.5) is 15.8 Å². The minimum Gasteiger partial charge on any atom is -0.372 e. The second-order valence-corrected chi connectivity index (χ2v) is 6.89. The Kier molecular flexibility index (Phi) is 5.75. The Hall–Kier alpha value is -2.01. The molecular weight excluding hydrogens is 323 g/mol. The van der Waals surface area contributed by atoms with Gasteiger partial charge in [0.1, 0.15) is 5.82 Å². The zero-order valence-corrected chi connectivity index (χ0v) is 14.3. The molecule has 24 heavy (non-hydrogen) atoms. The van der Waals surface area contributed by atoms with Gasteiger partial charge in [-0.25, -0.2) is 4.39 Å². The number of carbonyl (C=O) groups excluding carboxylic acids is 1. The molecule has 1 aliphatic heterocycles. The van der Waals surface area contributed by atoms with Gasteiger partial charge in [-0.05, 0) is 54.8 Å². The van der Waals surface area contributed by atoms with Gasteiger partial charge in [-0.15, -0.1) is 11.8 Å². The zero-order valence-electron chi connectivity index (χ0n) is 13.5. The van der Waals surface area contributed by atoms with Crippen molar-refractivity contribution in [3.8, 4) is 0 Å². The molecule has 0 unspecified atom stereocenters. The first kappa shape index (κ1) is 16.8. The normalized spacial score (nSPS) is 14.0. The van der Waals surface area contributed by atoms with E-state index >= 15 is 0 Å². The average molecular weight is 344 g/mol. The second-order valence-electron chi connectivity index (χ2n) is 5.91. The third-order valence-electron chi connectivity index (χ3n) is 4.04. The number of nitrogens with one attached hydrogen (secondary N) is 1. The second kappa shape index (κ2) is 8.20. The van der Waals surface area contributed by atoms with Crippen LogP contribution in [0.25, 0.3) is 0 Å². The van der Waals surface area contributed by atoms with Crippen LogP contribution in [0.1, 0.15) is 18.4 Å². The van der Waals surface area contributed by atoms with Crippen molar-refractivity contribution < 1.29 is 9.18 Å². The van der Waals surface area contributed by atoms with Crippen LogP contribution >= 0.6 is 11.8 Å². The molecule has 0 atom stereocenters. The number of benzene rings is 2. The topological polar surface area (TPSA) is 32.3 Å². The Morgan fingerprint density at radius 1 is 1.04 bits per heavy atom. The molecule has 1 fully saturated rings. The van der Waals surface area contributed by atoms with Gasteiger partial charge in [0.15, 0.2) is 0 Å². The highest BCUT2D eigenvalue weighted by atomic mass is 32.2. The molecule has 1 amide bonds. The Morgan fingerprint density at radius 3 is 2.38 bits per heavy atom. The van der Waals surface area contributed by atoms with Crippen molar-refractivity contribution in [2.45, 2.75) is 18.6 Å². The summed E-state index contributed by atoms with van der Waals surface area (Å²) in [5.74, 6) is 0.822. The Morgan fingerprint density at radius 2 is 1.71 bits per heavy atom. The lowest BCUT2D eigenvalue weighted by Gasteiger charge is -2.17. The van der Waals surface area contributed by atoms with Gasteiger partial charge in [-0.1, -0.05) is 12.1 Å². The number of nitrogens with zero attached hydrogens (tertiary/aromatic N) is 1. The average Bonchev–Trinajstić information content (AvgIpc) is 3.12. The molecule has 1 aliphatic rings. The van der Waals surface area contributed by atoms with Gasteiger partial charge in [-0.2, -0.15) is 0 Å². The molecule has 0 aromatic heterocycles. The smallest absolute Gasteiger partial charge is 0.234 e. The van der Waals surface area contributed by atoms with E-state index in [1.165, 1.54) is 42.4 Å². The van der Waals surface area contributed by atoms with Crippen LogP contribution in [0, 0.1) is 5.82 Å². The molecule has 0 radical (unpaired) electrons. The van der Waals surface area contributed by atoms with Crippen molar-refractivity contribution in [2.75, 3.05) is 29.1 Å². The summed E-state index contributed by atoms with van der Waals surface area (Å²) in [5.41, 5.74) is 3.06. The van der Waals surface area contributed by atoms with Crippen molar-refractivity contribution >= 4 is 29.0 Å². The van der Waals surface area contributed by atoms with Crippen LogP contribution in [0.3, 0.4) is 0 Å². The fraction of sp³-hybridized carbons (Fsp3) is 0.316. The van der Waals surface area contributed by atoms with E-state index in [0.29, 0.717) is 11.5 Å². The number of amides is 1. The first-order valence-electron chi connectivity index (χ1n) is 8.18. The first-order valence-corrected chi connectivity index (χ1v) is 9.33. The van der Waals surface area contributed by atoms with E-state index in [1.54, 1.807) is 12.1 Å². The Labute approximate surface area is 146 Å². The van der Waals surface area contributed by atoms with Crippen molar-refractivity contribution in [3.05, 3.63) is 59.9 Å². The summed E-state index contributed by atoms with van der Waals surface area (Å²) in [5, 5.41) is 2.92. The third-order valence-corrected chi connectivity index (χ3v) is 5.04. The SMILES string of the molecule is O=C(CSCc1ccc(F)cc1)Nc1ccc(N2CCCC2)cc1. The predicted molar refractivity (Wildman–Crippen MR) is 99.1 cm³/mol. The molecule has 0 saturated carbocycles. The van der Waals surface area contributed by atoms with Crippen molar-refractivity contribution in [1.29, 1.82) is 0 Å². The molecule has 0 bridgehead atoms. The van der Waals surface area contributed by atoms with Gasteiger partial charge in [-0.3, -0.25) is 4.79 Å². The van der Waals surface area contributed by atoms with E-state index in [9.17, 15) is 9.18 Å². The van der Waals surface area contributed by atoms with Gasteiger partial charge in [0, 0.05) is 30.2 Å². The van der Waals surface area contributed by atoms with Gasteiger partial charge < -0.3 is 10.2 Å². The lowest BCUT2D eigenvalue weighted by molar-refractivity contribution is -0.113. The van der Waals surface area contributed by atoms with Crippen LogP contribution in [0.15, 0.2) is 48.5 Å². The van der Waals surface area contributed by atoms with Crippen LogP contribution < -0.4 is 10.2 Å². The number of halogens is 1. The van der Waals surface area contributed by atoms with Crippen molar-refractivity contribution in [3.63, 3.8) is 0 Å². The van der Waals surface area contributed by atoms with E-state index in [-0.39, 0.29) is 11.7 Å². The number of hydrogen-bond donors (Lipinski definition) is 1. The summed E-state index contributed by atoms with van der Waals surface area (Å²) in [7, 11) is 0. The maximum atomic E-state index is 12.8. The van der Waals surface area contributed by atoms with Gasteiger partial charge in [0.25, 0.3) is 0 Å². The first-order chi connectivity index (χ1) is 11.7. The van der Waals surface area contributed by atoms with Gasteiger partial charge in [0.2, 0.25) is 5.91 Å². The minimum atomic E-state index is -0.237. The van der Waals surface area contributed by atoms with Crippen molar-refractivity contribution in [1.82, 2.24) is 0 Å². The van der Waals surface area contributed by atoms with Gasteiger partial charge in [0.05, 0.1) is 5.75 Å². The quantitative estimate of drug-likeness (QED) is 0.848. The van der Waals surface area contributed by atoms with E-state index in [0.717, 1.165) is 24.3 Å². The molecule has 0 spiro atoms. The van der Waals surface area contributed by atoms with Crippen LogP contribution in [0.2, 0.25) is 0 Å². The summed E-state index contributed by atoms with van der Waals surface area (Å²) in [6.45, 7) is 2.23. The molecule has 3 rings (SSSR count). The molecule has 1 N–H and O–H groups in total. The maximum absolute atomic E-state index is 12.8. The fourth-order valence-electron chi connectivity index (χ4n) is 2.77. The number of hydrogen-bond acceptors (Lipinski definition) is 3. The molecule has 0 aliphatic carbocycles. The van der Waals surface area contributed by atoms with Crippen LogP contribution in [0.5, 0.6) is 0 Å². The molecule has 5 heteroatoms. The number of carbonyl (C=O) groups is 1. The molecular formula is C19H21FN2OS. The lowest BCUT2D eigenvalue weighted by atomic mass is 10.2. The number of anilines is 2. The van der Waals surface area contributed by atoms with Crippen LogP contribution in [-0.2, 0) is 10.5 Å². The summed E-state index contributed by atoms with van der Waals surface area (Å²) < 4.78 is 12.8. The maximum Gasteiger partial charge on any atom is 0.234 e. The zero-order chi connectivity index (χ0) is 16.8. The molecule has 2 aromatic rings. The summed E-state index contributed by atoms with van der Waals surface area (Å²) in [4.78, 5) is 14.4. The molecule has 2 aromatic carbocycles.